The molecule has 480 valence electrons. The lowest BCUT2D eigenvalue weighted by Crippen LogP contribution is -2.52. The third kappa shape index (κ3) is 21.8. The van der Waals surface area contributed by atoms with Gasteiger partial charge in [0.25, 0.3) is 17.3 Å². The topological polar surface area (TPSA) is 330 Å². The first-order chi connectivity index (χ1) is 41.7. The molecule has 1 spiro atoms. The number of nitro groups is 2. The Labute approximate surface area is 501 Å². The van der Waals surface area contributed by atoms with Gasteiger partial charge in [-0.15, -0.1) is 0 Å². The average Bonchev–Trinajstić information content (AvgIpc) is 2.63. The molecule has 4 aromatic rings. The van der Waals surface area contributed by atoms with E-state index in [1.54, 1.807) is 0 Å². The molecule has 2 saturated heterocycles. The third-order valence-electron chi connectivity index (χ3n) is 15.2. The number of aliphatic hydroxyl groups excluding tert-OH is 1. The number of β-amino-alcohol motifs (C(OH)–C–C–N with tert-alkyl or cyclic N) is 1. The third-order valence-corrected chi connectivity index (χ3v) is 15.2. The second kappa shape index (κ2) is 34.9. The molecule has 3 aromatic carbocycles. The van der Waals surface area contributed by atoms with Crippen molar-refractivity contribution in [2.24, 2.45) is 11.8 Å². The van der Waals surface area contributed by atoms with E-state index < -0.39 is 33.8 Å². The van der Waals surface area contributed by atoms with Crippen molar-refractivity contribution in [3.05, 3.63) is 97.7 Å². The van der Waals surface area contributed by atoms with Crippen LogP contribution in [-0.4, -0.2) is 216 Å². The molecule has 0 saturated carbocycles. The number of carbonyl (C=O) groups is 4. The summed E-state index contributed by atoms with van der Waals surface area (Å²) in [6.45, 7) is 14.2. The fourth-order valence-corrected chi connectivity index (χ4v) is 10.5. The van der Waals surface area contributed by atoms with Crippen molar-refractivity contribution in [2.45, 2.75) is 63.6 Å². The number of carboxylic acids is 1. The lowest BCUT2D eigenvalue weighted by atomic mass is 9.67. The lowest BCUT2D eigenvalue weighted by Gasteiger charge is -2.46. The van der Waals surface area contributed by atoms with Gasteiger partial charge < -0.3 is 79.4 Å². The smallest absolute Gasteiger partial charge is 0.490 e. The maximum Gasteiger partial charge on any atom is 0.490 e. The van der Waals surface area contributed by atoms with Crippen LogP contribution in [0.4, 0.5) is 35.9 Å². The molecule has 7 rings (SSSR count). The summed E-state index contributed by atoms with van der Waals surface area (Å²) in [4.78, 5) is 75.2. The van der Waals surface area contributed by atoms with Gasteiger partial charge in [-0.05, 0) is 86.0 Å². The number of non-ortho nitro benzene ring substituents is 1. The van der Waals surface area contributed by atoms with Crippen molar-refractivity contribution < 1.29 is 85.6 Å². The molecule has 1 unspecified atom stereocenters. The van der Waals surface area contributed by atoms with Crippen LogP contribution in [-0.2, 0) is 48.2 Å². The molecule has 0 aliphatic carbocycles. The number of piperidine rings is 2. The number of halogens is 3. The molecule has 0 radical (unpaired) electrons. The predicted molar refractivity (Wildman–Crippen MR) is 312 cm³/mol. The van der Waals surface area contributed by atoms with E-state index in [0.29, 0.717) is 110 Å². The SMILES string of the molecule is Cc1ccc2c(c1)NC[C@]21CCN(CC(O)C2CCN(C(=O)c3cc4c(OCCOCCOCCOCCNC(=O)CCC(=O)NCCOCCOCCOCCNc5ccc([N+](=O)[O-])cc5[N+](=O)[O-])cccc4[nH]3)CC2)C[C@H]1C.O=C(O)C(F)(F)F. The van der Waals surface area contributed by atoms with Gasteiger partial charge in [0.15, 0.2) is 0 Å². The highest BCUT2D eigenvalue weighted by molar-refractivity contribution is 5.99. The van der Waals surface area contributed by atoms with E-state index in [1.807, 2.05) is 29.2 Å². The molecule has 0 bridgehead atoms. The molecule has 29 heteroatoms. The minimum absolute atomic E-state index is 0.0353. The molecule has 3 amide bonds. The number of rotatable bonds is 35. The van der Waals surface area contributed by atoms with E-state index in [9.17, 15) is 52.9 Å². The number of nitrogens with one attached hydrogen (secondary N) is 5. The summed E-state index contributed by atoms with van der Waals surface area (Å²) in [6, 6.07) is 17.7. The Balaban J connectivity index is 0.00000162. The summed E-state index contributed by atoms with van der Waals surface area (Å²) < 4.78 is 70.9. The van der Waals surface area contributed by atoms with Crippen LogP contribution in [0.2, 0.25) is 0 Å². The minimum atomic E-state index is -5.08. The van der Waals surface area contributed by atoms with Crippen LogP contribution in [0.5, 0.6) is 5.75 Å². The van der Waals surface area contributed by atoms with Crippen molar-refractivity contribution in [3.63, 3.8) is 0 Å². The highest BCUT2D eigenvalue weighted by atomic mass is 19.4. The number of carboxylic acid groups (broad SMARTS) is 1. The van der Waals surface area contributed by atoms with E-state index >= 15 is 0 Å². The van der Waals surface area contributed by atoms with Crippen molar-refractivity contribution >= 4 is 57.3 Å². The van der Waals surface area contributed by atoms with Crippen LogP contribution in [0, 0.1) is 39.0 Å². The Bertz CT molecular complexity index is 2880. The fourth-order valence-electron chi connectivity index (χ4n) is 10.5. The van der Waals surface area contributed by atoms with Gasteiger partial charge in [0, 0.05) is 93.3 Å². The van der Waals surface area contributed by atoms with Gasteiger partial charge in [-0.25, -0.2) is 4.79 Å². The van der Waals surface area contributed by atoms with E-state index in [-0.39, 0.29) is 86.2 Å². The predicted octanol–water partition coefficient (Wildman–Crippen LogP) is 5.45. The van der Waals surface area contributed by atoms with Crippen LogP contribution in [0.1, 0.15) is 60.6 Å². The molecule has 3 aliphatic heterocycles. The quantitative estimate of drug-likeness (QED) is 0.0171. The summed E-state index contributed by atoms with van der Waals surface area (Å²) in [6.07, 6.45) is -2.83. The number of hydrogen-bond acceptors (Lipinski definition) is 19. The standard InChI is InChI=1S/C56H79N9O15.C2HF3O2/c1-40-6-8-45-48(34-40)60-39-56(45)14-20-62(37-41(56)2)38-51(66)42-12-18-63(19-13-42)55(69)49-36-44-46(61-49)4-3-5-52(44)80-33-32-79-31-30-78-29-26-76-23-17-59-54(68)11-10-53(67)58-16-22-75-25-28-77-27-24-74-21-15-57-47-9-7-43(64(70)71)35-50(47)65(72)73;3-2(4,5)1(6)7/h3-9,34-36,41-42,51,57,60-61,66H,10-33,37-39H2,1-2H3,(H,58,67)(H,59,68);(H,6,7)/t41-,51?,56+;/m1./s1. The fraction of sp³-hybridized carbons (Fsp3) is 0.586. The molecule has 1 aromatic heterocycles. The Hall–Kier alpha value is -7.25. The summed E-state index contributed by atoms with van der Waals surface area (Å²) >= 11 is 0. The van der Waals surface area contributed by atoms with Crippen molar-refractivity contribution in [1.82, 2.24) is 25.4 Å². The van der Waals surface area contributed by atoms with E-state index in [1.165, 1.54) is 28.9 Å². The number of hydrogen-bond donors (Lipinski definition) is 7. The Morgan fingerprint density at radius 3 is 1.90 bits per heavy atom. The first-order valence-corrected chi connectivity index (χ1v) is 29.0. The van der Waals surface area contributed by atoms with E-state index in [0.717, 1.165) is 55.9 Å². The number of likely N-dealkylation sites (tertiary alicyclic amines) is 2. The average molecular weight is 1230 g/mol. The summed E-state index contributed by atoms with van der Waals surface area (Å²) in [5.41, 5.74) is 4.87. The van der Waals surface area contributed by atoms with Gasteiger partial charge in [-0.1, -0.05) is 25.1 Å². The molecular weight excluding hydrogens is 1150 g/mol. The lowest BCUT2D eigenvalue weighted by molar-refractivity contribution is -0.393. The number of carbonyl (C=O) groups excluding carboxylic acids is 3. The number of ether oxygens (including phenoxy) is 7. The van der Waals surface area contributed by atoms with Crippen LogP contribution in [0.3, 0.4) is 0 Å². The number of fused-ring (bicyclic) bond motifs is 3. The number of anilines is 2. The Morgan fingerprint density at radius 2 is 1.33 bits per heavy atom. The van der Waals surface area contributed by atoms with Gasteiger partial charge in [0.2, 0.25) is 11.8 Å². The summed E-state index contributed by atoms with van der Waals surface area (Å²) in [7, 11) is 0. The molecule has 3 atom stereocenters. The van der Waals surface area contributed by atoms with Crippen molar-refractivity contribution in [2.75, 3.05) is 155 Å². The number of nitrogens with zero attached hydrogens (tertiary/aromatic N) is 4. The monoisotopic (exact) mass is 1230 g/mol. The summed E-state index contributed by atoms with van der Waals surface area (Å²) in [5, 5.41) is 53.4. The molecule has 3 aliphatic rings. The number of aliphatic hydroxyl groups is 1. The molecule has 87 heavy (non-hydrogen) atoms. The number of aromatic amines is 1. The molecule has 4 heterocycles. The molecule has 2 fully saturated rings. The number of nitro benzene ring substituents is 2. The van der Waals surface area contributed by atoms with Crippen molar-refractivity contribution in [1.29, 1.82) is 0 Å². The molecule has 7 N–H and O–H groups in total. The highest BCUT2D eigenvalue weighted by Gasteiger charge is 2.47. The van der Waals surface area contributed by atoms with Crippen LogP contribution in [0.15, 0.2) is 60.7 Å². The van der Waals surface area contributed by atoms with Gasteiger partial charge in [0.05, 0.1) is 101 Å². The number of aliphatic carboxylic acids is 1. The summed E-state index contributed by atoms with van der Waals surface area (Å²) in [5.74, 6) is -2.05. The van der Waals surface area contributed by atoms with Crippen LogP contribution in [0.25, 0.3) is 10.9 Å². The zero-order chi connectivity index (χ0) is 62.8. The van der Waals surface area contributed by atoms with Gasteiger partial charge in [-0.3, -0.25) is 34.6 Å². The Morgan fingerprint density at radius 1 is 0.759 bits per heavy atom. The zero-order valence-corrected chi connectivity index (χ0v) is 49.0. The first-order valence-electron chi connectivity index (χ1n) is 29.0. The second-order valence-electron chi connectivity index (χ2n) is 21.2. The second-order valence-corrected chi connectivity index (χ2v) is 21.2. The number of H-pyrrole nitrogens is 1. The maximum atomic E-state index is 13.7. The maximum absolute atomic E-state index is 13.7. The molecule has 26 nitrogen and oxygen atoms in total. The van der Waals surface area contributed by atoms with E-state index in [4.69, 9.17) is 43.1 Å². The van der Waals surface area contributed by atoms with Gasteiger partial charge in [-0.2, -0.15) is 13.2 Å². The van der Waals surface area contributed by atoms with E-state index in [2.05, 4.69) is 63.2 Å². The largest absolute Gasteiger partial charge is 0.490 e. The van der Waals surface area contributed by atoms with Crippen LogP contribution >= 0.6 is 0 Å². The number of aryl methyl sites for hydroxylation is 1. The number of amides is 3. The zero-order valence-electron chi connectivity index (χ0n) is 49.0. The first kappa shape index (κ1) is 68.9. The van der Waals surface area contributed by atoms with Crippen LogP contribution < -0.4 is 26.0 Å². The normalized spacial score (nSPS) is 17.2. The highest BCUT2D eigenvalue weighted by Crippen LogP contribution is 2.47. The number of alkyl halides is 3. The number of aromatic nitrogens is 1. The van der Waals surface area contributed by atoms with Gasteiger partial charge >= 0.3 is 12.1 Å². The van der Waals surface area contributed by atoms with Gasteiger partial charge in [0.1, 0.15) is 23.7 Å². The molecular formula is C58H80F3N9O17. The van der Waals surface area contributed by atoms with Crippen molar-refractivity contribution in [3.8, 4) is 5.75 Å². The number of benzene rings is 3. The Kier molecular flexibility index (Phi) is 27.6. The minimum Gasteiger partial charge on any atom is -0.490 e.